The number of carbonyl (C=O) groups is 2. The summed E-state index contributed by atoms with van der Waals surface area (Å²) in [6, 6.07) is 13.5. The second-order valence-electron chi connectivity index (χ2n) is 7.92. The zero-order valence-corrected chi connectivity index (χ0v) is 21.7. The Morgan fingerprint density at radius 2 is 1.54 bits per heavy atom. The standard InChI is InChI=1S/C24H17Cl5FN3O2/c1-31-14-3-5-19(18(30)10-14)33-22(34)16-9-15(2-4-17(16)27)32-23(35)21-20(24(21,28)29)11-6-12(25)8-13(26)7-11/h2-10,20-21,31H,1H3,(H,32,35)(H,33,34). The van der Waals surface area contributed by atoms with E-state index in [1.54, 1.807) is 31.3 Å². The maximum Gasteiger partial charge on any atom is 0.257 e. The number of hydrogen-bond acceptors (Lipinski definition) is 3. The molecule has 11 heteroatoms. The highest BCUT2D eigenvalue weighted by atomic mass is 35.5. The van der Waals surface area contributed by atoms with Crippen molar-refractivity contribution >= 4 is 86.9 Å². The van der Waals surface area contributed by atoms with Crippen LogP contribution in [0.1, 0.15) is 21.8 Å². The highest BCUT2D eigenvalue weighted by molar-refractivity contribution is 6.53. The van der Waals surface area contributed by atoms with Gasteiger partial charge in [-0.15, -0.1) is 23.2 Å². The van der Waals surface area contributed by atoms with E-state index in [-0.39, 0.29) is 22.0 Å². The first-order valence-corrected chi connectivity index (χ1v) is 12.1. The number of anilines is 3. The SMILES string of the molecule is CNc1ccc(NC(=O)c2cc(NC(=O)C3C(c4cc(Cl)cc(Cl)c4)C3(Cl)Cl)ccc2Cl)c(F)c1. The van der Waals surface area contributed by atoms with E-state index >= 15 is 0 Å². The average Bonchev–Trinajstić information content (AvgIpc) is 3.37. The summed E-state index contributed by atoms with van der Waals surface area (Å²) in [7, 11) is 1.65. The highest BCUT2D eigenvalue weighted by Crippen LogP contribution is 2.65. The zero-order valence-electron chi connectivity index (χ0n) is 17.9. The number of amides is 2. The van der Waals surface area contributed by atoms with Crippen molar-refractivity contribution in [3.8, 4) is 0 Å². The zero-order chi connectivity index (χ0) is 25.5. The molecule has 4 rings (SSSR count). The van der Waals surface area contributed by atoms with Gasteiger partial charge in [0.2, 0.25) is 5.91 Å². The molecule has 35 heavy (non-hydrogen) atoms. The van der Waals surface area contributed by atoms with E-state index in [2.05, 4.69) is 16.0 Å². The largest absolute Gasteiger partial charge is 0.388 e. The van der Waals surface area contributed by atoms with E-state index in [4.69, 9.17) is 58.0 Å². The number of benzene rings is 3. The molecule has 0 radical (unpaired) electrons. The van der Waals surface area contributed by atoms with Gasteiger partial charge in [-0.25, -0.2) is 4.39 Å². The van der Waals surface area contributed by atoms with E-state index in [1.165, 1.54) is 30.3 Å². The average molecular weight is 576 g/mol. The summed E-state index contributed by atoms with van der Waals surface area (Å²) >= 11 is 31.1. The Morgan fingerprint density at radius 3 is 2.17 bits per heavy atom. The Bertz CT molecular complexity index is 1310. The summed E-state index contributed by atoms with van der Waals surface area (Å²) in [4.78, 5) is 25.7. The number of alkyl halides is 2. The molecule has 0 spiro atoms. The first kappa shape index (κ1) is 25.9. The van der Waals surface area contributed by atoms with Crippen molar-refractivity contribution in [3.05, 3.63) is 86.6 Å². The van der Waals surface area contributed by atoms with Gasteiger partial charge in [-0.2, -0.15) is 0 Å². The van der Waals surface area contributed by atoms with Gasteiger partial charge in [0.15, 0.2) is 0 Å². The van der Waals surface area contributed by atoms with Crippen molar-refractivity contribution in [2.24, 2.45) is 5.92 Å². The van der Waals surface area contributed by atoms with E-state index < -0.39 is 33.8 Å². The van der Waals surface area contributed by atoms with Crippen molar-refractivity contribution in [2.45, 2.75) is 10.3 Å². The van der Waals surface area contributed by atoms with Crippen molar-refractivity contribution in [1.82, 2.24) is 0 Å². The molecular weight excluding hydrogens is 559 g/mol. The molecule has 3 aromatic rings. The molecule has 2 unspecified atom stereocenters. The smallest absolute Gasteiger partial charge is 0.257 e. The fourth-order valence-electron chi connectivity index (χ4n) is 3.78. The van der Waals surface area contributed by atoms with Crippen molar-refractivity contribution in [1.29, 1.82) is 0 Å². The third-order valence-corrected chi connectivity index (χ3v) is 7.27. The number of hydrogen-bond donors (Lipinski definition) is 3. The molecule has 0 aromatic heterocycles. The number of carbonyl (C=O) groups excluding carboxylic acids is 2. The second kappa shape index (κ2) is 10.0. The van der Waals surface area contributed by atoms with Crippen LogP contribution in [0.3, 0.4) is 0 Å². The van der Waals surface area contributed by atoms with E-state index in [0.29, 0.717) is 21.3 Å². The van der Waals surface area contributed by atoms with Gasteiger partial charge in [0.05, 0.1) is 22.2 Å². The topological polar surface area (TPSA) is 70.2 Å². The quantitative estimate of drug-likeness (QED) is 0.265. The lowest BCUT2D eigenvalue weighted by Gasteiger charge is -2.11. The Balaban J connectivity index is 1.51. The molecule has 0 saturated heterocycles. The Labute approximate surface area is 225 Å². The minimum atomic E-state index is -1.36. The molecule has 182 valence electrons. The summed E-state index contributed by atoms with van der Waals surface area (Å²) in [5.74, 6) is -3.04. The van der Waals surface area contributed by atoms with Gasteiger partial charge in [-0.1, -0.05) is 34.8 Å². The van der Waals surface area contributed by atoms with Crippen LogP contribution in [0.2, 0.25) is 15.1 Å². The van der Waals surface area contributed by atoms with Gasteiger partial charge in [-0.3, -0.25) is 9.59 Å². The lowest BCUT2D eigenvalue weighted by Crippen LogP contribution is -2.18. The van der Waals surface area contributed by atoms with Crippen molar-refractivity contribution in [3.63, 3.8) is 0 Å². The van der Waals surface area contributed by atoms with Crippen LogP contribution in [-0.4, -0.2) is 23.2 Å². The van der Waals surface area contributed by atoms with E-state index in [1.807, 2.05) is 0 Å². The maximum absolute atomic E-state index is 14.3. The summed E-state index contributed by atoms with van der Waals surface area (Å²) in [6.07, 6.45) is 0. The predicted molar refractivity (Wildman–Crippen MR) is 141 cm³/mol. The van der Waals surface area contributed by atoms with Gasteiger partial charge in [0.1, 0.15) is 10.2 Å². The van der Waals surface area contributed by atoms with Crippen LogP contribution in [0, 0.1) is 11.7 Å². The van der Waals surface area contributed by atoms with Crippen LogP contribution in [0.5, 0.6) is 0 Å². The molecule has 5 nitrogen and oxygen atoms in total. The van der Waals surface area contributed by atoms with Crippen LogP contribution in [0.15, 0.2) is 54.6 Å². The van der Waals surface area contributed by atoms with Gasteiger partial charge in [-0.05, 0) is 60.2 Å². The maximum atomic E-state index is 14.3. The van der Waals surface area contributed by atoms with Gasteiger partial charge < -0.3 is 16.0 Å². The van der Waals surface area contributed by atoms with Crippen molar-refractivity contribution in [2.75, 3.05) is 23.0 Å². The molecule has 2 amide bonds. The molecule has 0 aliphatic heterocycles. The number of halogens is 6. The van der Waals surface area contributed by atoms with Gasteiger partial charge >= 0.3 is 0 Å². The lowest BCUT2D eigenvalue weighted by molar-refractivity contribution is -0.117. The summed E-state index contributed by atoms with van der Waals surface area (Å²) in [5.41, 5.74) is 1.49. The lowest BCUT2D eigenvalue weighted by atomic mass is 10.1. The van der Waals surface area contributed by atoms with Crippen LogP contribution in [0.4, 0.5) is 21.5 Å². The van der Waals surface area contributed by atoms with E-state index in [9.17, 15) is 14.0 Å². The fraction of sp³-hybridized carbons (Fsp3) is 0.167. The van der Waals surface area contributed by atoms with Crippen LogP contribution < -0.4 is 16.0 Å². The predicted octanol–water partition coefficient (Wildman–Crippen LogP) is 7.61. The van der Waals surface area contributed by atoms with Gasteiger partial charge in [0.25, 0.3) is 5.91 Å². The second-order valence-corrected chi connectivity index (χ2v) is 10.6. The summed E-state index contributed by atoms with van der Waals surface area (Å²) in [6.45, 7) is 0. The number of nitrogens with one attached hydrogen (secondary N) is 3. The molecule has 0 bridgehead atoms. The van der Waals surface area contributed by atoms with Gasteiger partial charge in [0, 0.05) is 34.4 Å². The summed E-state index contributed by atoms with van der Waals surface area (Å²) in [5, 5.41) is 8.91. The Morgan fingerprint density at radius 1 is 0.886 bits per heavy atom. The first-order chi connectivity index (χ1) is 16.5. The molecule has 1 aliphatic carbocycles. The Hall–Kier alpha value is -2.22. The molecule has 3 N–H and O–H groups in total. The van der Waals surface area contributed by atoms with Crippen LogP contribution >= 0.6 is 58.0 Å². The highest BCUT2D eigenvalue weighted by Gasteiger charge is 2.67. The van der Waals surface area contributed by atoms with Crippen molar-refractivity contribution < 1.29 is 14.0 Å². The molecule has 2 atom stereocenters. The third kappa shape index (κ3) is 5.47. The minimum absolute atomic E-state index is 0.0189. The Kier molecular flexibility index (Phi) is 7.41. The van der Waals surface area contributed by atoms with Crippen LogP contribution in [0.25, 0.3) is 0 Å². The monoisotopic (exact) mass is 573 g/mol. The normalized spacial score (nSPS) is 18.0. The fourth-order valence-corrected chi connectivity index (χ4v) is 5.36. The van der Waals surface area contributed by atoms with E-state index in [0.717, 1.165) is 0 Å². The molecule has 3 aromatic carbocycles. The molecule has 1 saturated carbocycles. The van der Waals surface area contributed by atoms with Crippen LogP contribution in [-0.2, 0) is 4.79 Å². The summed E-state index contributed by atoms with van der Waals surface area (Å²) < 4.78 is 12.9. The molecule has 0 heterocycles. The third-order valence-electron chi connectivity index (χ3n) is 5.56. The molecule has 1 fully saturated rings. The molecular formula is C24H17Cl5FN3O2. The first-order valence-electron chi connectivity index (χ1n) is 10.2. The minimum Gasteiger partial charge on any atom is -0.388 e. The number of rotatable bonds is 6. The molecule has 1 aliphatic rings.